The van der Waals surface area contributed by atoms with Gasteiger partial charge in [-0.15, -0.1) is 0 Å². The predicted molar refractivity (Wildman–Crippen MR) is 87.5 cm³/mol. The van der Waals surface area contributed by atoms with Gasteiger partial charge in [-0.1, -0.05) is 30.3 Å². The predicted octanol–water partition coefficient (Wildman–Crippen LogP) is 3.09. The first-order valence-corrected chi connectivity index (χ1v) is 8.87. The molecule has 0 spiro atoms. The lowest BCUT2D eigenvalue weighted by atomic mass is 9.73. The van der Waals surface area contributed by atoms with E-state index in [0.29, 0.717) is 5.41 Å². The Morgan fingerprint density at radius 2 is 1.62 bits per heavy atom. The molecule has 21 heavy (non-hydrogen) atoms. The molecule has 0 atom stereocenters. The smallest absolute Gasteiger partial charge is 0.0124 e. The van der Waals surface area contributed by atoms with Gasteiger partial charge in [0.05, 0.1) is 0 Å². The Kier molecular flexibility index (Phi) is 3.76. The van der Waals surface area contributed by atoms with Crippen LogP contribution in [0.1, 0.15) is 44.1 Å². The summed E-state index contributed by atoms with van der Waals surface area (Å²) >= 11 is 0. The summed E-state index contributed by atoms with van der Waals surface area (Å²) in [4.78, 5) is 0. The maximum Gasteiger partial charge on any atom is 0.0124 e. The van der Waals surface area contributed by atoms with Crippen LogP contribution in [0.3, 0.4) is 0 Å². The first-order chi connectivity index (χ1) is 10.4. The molecule has 0 aromatic heterocycles. The molecule has 0 amide bonds. The molecule has 1 heterocycles. The molecular formula is C19H28N2. The summed E-state index contributed by atoms with van der Waals surface area (Å²) in [6.45, 7) is 3.50. The minimum absolute atomic E-state index is 0.356. The lowest BCUT2D eigenvalue weighted by molar-refractivity contribution is 0.268. The largest absolute Gasteiger partial charge is 0.317 e. The number of benzene rings is 1. The molecule has 2 aliphatic carbocycles. The normalized spacial score (nSPS) is 25.2. The molecule has 4 rings (SSSR count). The van der Waals surface area contributed by atoms with Crippen molar-refractivity contribution in [2.75, 3.05) is 19.6 Å². The van der Waals surface area contributed by atoms with E-state index in [1.54, 1.807) is 5.56 Å². The Morgan fingerprint density at radius 3 is 2.19 bits per heavy atom. The summed E-state index contributed by atoms with van der Waals surface area (Å²) in [5.41, 5.74) is 1.90. The van der Waals surface area contributed by atoms with E-state index in [9.17, 15) is 0 Å². The molecule has 3 fully saturated rings. The number of rotatable bonds is 6. The van der Waals surface area contributed by atoms with Gasteiger partial charge in [-0.2, -0.15) is 0 Å². The highest BCUT2D eigenvalue weighted by Gasteiger charge is 2.43. The molecule has 0 radical (unpaired) electrons. The van der Waals surface area contributed by atoms with Crippen LogP contribution in [-0.2, 0) is 5.41 Å². The Labute approximate surface area is 128 Å². The Hall–Kier alpha value is -0.860. The molecule has 114 valence electrons. The van der Waals surface area contributed by atoms with Gasteiger partial charge in [0.2, 0.25) is 0 Å². The van der Waals surface area contributed by atoms with E-state index in [2.05, 4.69) is 41.0 Å². The lowest BCUT2D eigenvalue weighted by Gasteiger charge is -2.40. The average Bonchev–Trinajstić information content (AvgIpc) is 3.43. The van der Waals surface area contributed by atoms with E-state index in [1.807, 2.05) is 0 Å². The van der Waals surface area contributed by atoms with E-state index in [0.717, 1.165) is 31.0 Å². The van der Waals surface area contributed by atoms with Gasteiger partial charge in [-0.3, -0.25) is 0 Å². The molecule has 2 saturated carbocycles. The van der Waals surface area contributed by atoms with Gasteiger partial charge < -0.3 is 10.6 Å². The zero-order valence-corrected chi connectivity index (χ0v) is 13.0. The molecule has 2 heteroatoms. The molecular weight excluding hydrogens is 256 g/mol. The fraction of sp³-hybridized carbons (Fsp3) is 0.684. The van der Waals surface area contributed by atoms with Crippen molar-refractivity contribution in [3.63, 3.8) is 0 Å². The second-order valence-electron chi connectivity index (χ2n) is 7.48. The topological polar surface area (TPSA) is 24.1 Å². The van der Waals surface area contributed by atoms with Crippen molar-refractivity contribution in [1.82, 2.24) is 10.6 Å². The second-order valence-corrected chi connectivity index (χ2v) is 7.48. The van der Waals surface area contributed by atoms with Crippen molar-refractivity contribution in [3.8, 4) is 0 Å². The van der Waals surface area contributed by atoms with Crippen molar-refractivity contribution in [3.05, 3.63) is 35.9 Å². The van der Waals surface area contributed by atoms with E-state index >= 15 is 0 Å². The Morgan fingerprint density at radius 1 is 1.00 bits per heavy atom. The highest BCUT2D eigenvalue weighted by atomic mass is 15.0. The molecule has 2 N–H and O–H groups in total. The van der Waals surface area contributed by atoms with Crippen molar-refractivity contribution in [2.24, 2.45) is 11.8 Å². The van der Waals surface area contributed by atoms with Crippen LogP contribution in [-0.4, -0.2) is 25.7 Å². The van der Waals surface area contributed by atoms with Crippen LogP contribution in [0.2, 0.25) is 0 Å². The van der Waals surface area contributed by atoms with Crippen LogP contribution >= 0.6 is 0 Å². The maximum absolute atomic E-state index is 4.02. The van der Waals surface area contributed by atoms with E-state index in [4.69, 9.17) is 0 Å². The molecule has 1 aromatic carbocycles. The fourth-order valence-electron chi connectivity index (χ4n) is 4.21. The molecule has 1 saturated heterocycles. The Balaban J connectivity index is 1.49. The van der Waals surface area contributed by atoms with Crippen LogP contribution in [0.25, 0.3) is 0 Å². The zero-order valence-electron chi connectivity index (χ0n) is 13.0. The maximum atomic E-state index is 4.02. The summed E-state index contributed by atoms with van der Waals surface area (Å²) in [5, 5.41) is 7.56. The first kappa shape index (κ1) is 13.8. The molecule has 0 unspecified atom stereocenters. The summed E-state index contributed by atoms with van der Waals surface area (Å²) in [6, 6.07) is 12.1. The van der Waals surface area contributed by atoms with Gasteiger partial charge in [0.15, 0.2) is 0 Å². The van der Waals surface area contributed by atoms with Crippen LogP contribution in [0.4, 0.5) is 0 Å². The van der Waals surface area contributed by atoms with Gasteiger partial charge in [0, 0.05) is 18.0 Å². The lowest BCUT2D eigenvalue weighted by Crippen LogP contribution is -2.49. The molecule has 0 bridgehead atoms. The number of piperidine rings is 1. The highest BCUT2D eigenvalue weighted by Crippen LogP contribution is 2.45. The quantitative estimate of drug-likeness (QED) is 0.839. The number of hydrogen-bond acceptors (Lipinski definition) is 2. The summed E-state index contributed by atoms with van der Waals surface area (Å²) in [5.74, 6) is 1.99. The first-order valence-electron chi connectivity index (χ1n) is 8.87. The van der Waals surface area contributed by atoms with E-state index < -0.39 is 0 Å². The van der Waals surface area contributed by atoms with Crippen LogP contribution in [0.5, 0.6) is 0 Å². The fourth-order valence-corrected chi connectivity index (χ4v) is 4.21. The van der Waals surface area contributed by atoms with Crippen LogP contribution < -0.4 is 10.6 Å². The van der Waals surface area contributed by atoms with Gasteiger partial charge >= 0.3 is 0 Å². The summed E-state index contributed by atoms with van der Waals surface area (Å²) in [6.07, 6.45) is 8.41. The molecule has 3 aliphatic rings. The monoisotopic (exact) mass is 284 g/mol. The van der Waals surface area contributed by atoms with Gasteiger partial charge in [-0.25, -0.2) is 0 Å². The van der Waals surface area contributed by atoms with Crippen molar-refractivity contribution >= 4 is 0 Å². The Bertz CT molecular complexity index is 444. The number of hydrogen-bond donors (Lipinski definition) is 2. The second kappa shape index (κ2) is 5.73. The van der Waals surface area contributed by atoms with Crippen LogP contribution in [0, 0.1) is 11.8 Å². The highest BCUT2D eigenvalue weighted by molar-refractivity contribution is 5.27. The van der Waals surface area contributed by atoms with E-state index in [1.165, 1.54) is 45.1 Å². The van der Waals surface area contributed by atoms with Gasteiger partial charge in [-0.05, 0) is 69.0 Å². The van der Waals surface area contributed by atoms with Crippen LogP contribution in [0.15, 0.2) is 30.3 Å². The van der Waals surface area contributed by atoms with Crippen molar-refractivity contribution in [1.29, 1.82) is 0 Å². The summed E-state index contributed by atoms with van der Waals surface area (Å²) < 4.78 is 0. The van der Waals surface area contributed by atoms with Crippen molar-refractivity contribution in [2.45, 2.75) is 50.0 Å². The minimum atomic E-state index is 0.356. The number of nitrogens with one attached hydrogen (secondary N) is 2. The third-order valence-corrected chi connectivity index (χ3v) is 5.88. The molecule has 1 aliphatic heterocycles. The average molecular weight is 284 g/mol. The van der Waals surface area contributed by atoms with Gasteiger partial charge in [0.25, 0.3) is 0 Å². The summed E-state index contributed by atoms with van der Waals surface area (Å²) in [7, 11) is 0. The third-order valence-electron chi connectivity index (χ3n) is 5.88. The zero-order chi connectivity index (χ0) is 14.1. The SMILES string of the molecule is c1ccc(C2(CNC(C3CC3)C3CC3)CCNCC2)cc1. The molecule has 2 nitrogen and oxygen atoms in total. The minimum Gasteiger partial charge on any atom is -0.317 e. The molecule has 1 aromatic rings. The standard InChI is InChI=1S/C19H28N2/c1-2-4-17(5-3-1)19(10-12-20-13-11-19)14-21-18(15-6-7-15)16-8-9-16/h1-5,15-16,18,20-21H,6-14H2. The van der Waals surface area contributed by atoms with E-state index in [-0.39, 0.29) is 0 Å². The van der Waals surface area contributed by atoms with Crippen molar-refractivity contribution < 1.29 is 0 Å². The third kappa shape index (κ3) is 3.02. The van der Waals surface area contributed by atoms with Gasteiger partial charge in [0.1, 0.15) is 0 Å².